The maximum atomic E-state index is 11.5. The number of aliphatic hydroxyl groups is 1. The topological polar surface area (TPSA) is 43.3 Å². The van der Waals surface area contributed by atoms with Crippen molar-refractivity contribution in [1.82, 2.24) is 0 Å². The van der Waals surface area contributed by atoms with E-state index in [1.807, 2.05) is 54.6 Å². The molecule has 2 aromatic rings. The Morgan fingerprint density at radius 1 is 1.13 bits per heavy atom. The van der Waals surface area contributed by atoms with E-state index in [4.69, 9.17) is 11.6 Å². The summed E-state index contributed by atoms with van der Waals surface area (Å²) in [5.74, 6) is -0.335. The van der Waals surface area contributed by atoms with Crippen LogP contribution in [-0.2, 0) is 17.1 Å². The van der Waals surface area contributed by atoms with Gasteiger partial charge in [0.15, 0.2) is 0 Å². The fourth-order valence-corrected chi connectivity index (χ4v) is 1.96. The summed E-state index contributed by atoms with van der Waals surface area (Å²) in [6.07, 6.45) is 10.8. The van der Waals surface area contributed by atoms with E-state index in [-0.39, 0.29) is 34.1 Å². The summed E-state index contributed by atoms with van der Waals surface area (Å²) in [5.41, 5.74) is 1.17. The van der Waals surface area contributed by atoms with Crippen molar-refractivity contribution in [3.05, 3.63) is 101 Å². The van der Waals surface area contributed by atoms with E-state index in [9.17, 15) is 10.2 Å². The molecule has 1 aliphatic rings. The largest absolute Gasteiger partial charge is 2.00 e. The van der Waals surface area contributed by atoms with Crippen LogP contribution in [0, 0.1) is 0 Å². The van der Waals surface area contributed by atoms with Gasteiger partial charge in [-0.2, -0.15) is 18.2 Å². The van der Waals surface area contributed by atoms with Crippen LogP contribution in [0.25, 0.3) is 5.76 Å². The van der Waals surface area contributed by atoms with Crippen LogP contribution in [0.2, 0.25) is 5.02 Å². The SMILES string of the molecule is [Fe+2].[O-]c1ccc(Cl)cc1C(O)=CC=C1C=CC=C1.c1cc[cH-]c1. The second-order valence-electron chi connectivity index (χ2n) is 4.54. The molecular weight excluding hydrogens is 352 g/mol. The van der Waals surface area contributed by atoms with Crippen LogP contribution < -0.4 is 5.11 Å². The minimum Gasteiger partial charge on any atom is -0.872 e. The van der Waals surface area contributed by atoms with Crippen molar-refractivity contribution >= 4 is 17.4 Å². The van der Waals surface area contributed by atoms with E-state index in [0.717, 1.165) is 5.57 Å². The van der Waals surface area contributed by atoms with Gasteiger partial charge >= 0.3 is 17.1 Å². The summed E-state index contributed by atoms with van der Waals surface area (Å²) in [5, 5.41) is 21.7. The second-order valence-corrected chi connectivity index (χ2v) is 4.98. The van der Waals surface area contributed by atoms with Crippen LogP contribution in [0.15, 0.2) is 90.6 Å². The Morgan fingerprint density at radius 2 is 1.78 bits per heavy atom. The Bertz CT molecular complexity index is 695. The molecule has 0 heterocycles. The van der Waals surface area contributed by atoms with Crippen molar-refractivity contribution in [2.45, 2.75) is 0 Å². The zero-order valence-corrected chi connectivity index (χ0v) is 14.0. The minimum absolute atomic E-state index is 0. The van der Waals surface area contributed by atoms with Gasteiger partial charge in [0.1, 0.15) is 5.76 Å². The summed E-state index contributed by atoms with van der Waals surface area (Å²) in [7, 11) is 0. The van der Waals surface area contributed by atoms with Crippen molar-refractivity contribution in [3.63, 3.8) is 0 Å². The molecule has 1 N–H and O–H groups in total. The first-order chi connectivity index (χ1) is 10.7. The van der Waals surface area contributed by atoms with Crippen LogP contribution in [0.1, 0.15) is 5.56 Å². The van der Waals surface area contributed by atoms with E-state index >= 15 is 0 Å². The number of allylic oxidation sites excluding steroid dienone is 7. The van der Waals surface area contributed by atoms with Crippen molar-refractivity contribution in [2.24, 2.45) is 0 Å². The smallest absolute Gasteiger partial charge is 0.872 e. The molecule has 0 amide bonds. The monoisotopic (exact) mass is 366 g/mol. The van der Waals surface area contributed by atoms with E-state index < -0.39 is 0 Å². The molecule has 0 atom stereocenters. The Balaban J connectivity index is 0.000000377. The summed E-state index contributed by atoms with van der Waals surface area (Å²) < 4.78 is 0. The molecule has 0 unspecified atom stereocenters. The van der Waals surface area contributed by atoms with Gasteiger partial charge in [0.2, 0.25) is 0 Å². The maximum absolute atomic E-state index is 11.5. The summed E-state index contributed by atoms with van der Waals surface area (Å²) in [6.45, 7) is 0. The van der Waals surface area contributed by atoms with Gasteiger partial charge in [-0.15, -0.1) is 0 Å². The molecule has 2 aromatic carbocycles. The zero-order chi connectivity index (χ0) is 15.8. The van der Waals surface area contributed by atoms with Crippen LogP contribution in [0.5, 0.6) is 5.75 Å². The number of hydrogen-bond donors (Lipinski definition) is 1. The van der Waals surface area contributed by atoms with Crippen molar-refractivity contribution < 1.29 is 27.3 Å². The van der Waals surface area contributed by atoms with Gasteiger partial charge < -0.3 is 10.2 Å². The van der Waals surface area contributed by atoms with Crippen LogP contribution >= 0.6 is 11.6 Å². The Hall–Kier alpha value is -2.06. The molecule has 0 bridgehead atoms. The predicted molar refractivity (Wildman–Crippen MR) is 89.9 cm³/mol. The third-order valence-electron chi connectivity index (χ3n) is 2.90. The molecule has 4 heteroatoms. The minimum atomic E-state index is -0.251. The van der Waals surface area contributed by atoms with Gasteiger partial charge in [-0.1, -0.05) is 53.8 Å². The van der Waals surface area contributed by atoms with Gasteiger partial charge in [0.05, 0.1) is 0 Å². The molecule has 23 heavy (non-hydrogen) atoms. The molecule has 0 fully saturated rings. The fraction of sp³-hybridized carbons (Fsp3) is 0. The number of rotatable bonds is 2. The number of halogens is 1. The first-order valence-electron chi connectivity index (χ1n) is 6.76. The molecule has 0 saturated heterocycles. The van der Waals surface area contributed by atoms with Crippen molar-refractivity contribution in [2.75, 3.05) is 0 Å². The van der Waals surface area contributed by atoms with Crippen molar-refractivity contribution in [1.29, 1.82) is 0 Å². The number of benzene rings is 1. The predicted octanol–water partition coefficient (Wildman–Crippen LogP) is 4.77. The second kappa shape index (κ2) is 9.86. The molecule has 0 spiro atoms. The molecular formula is C19H15ClFeO2. The number of aliphatic hydroxyl groups excluding tert-OH is 1. The average Bonchev–Trinajstić information content (AvgIpc) is 3.23. The number of hydrogen-bond acceptors (Lipinski definition) is 2. The zero-order valence-electron chi connectivity index (χ0n) is 12.2. The Morgan fingerprint density at radius 3 is 2.35 bits per heavy atom. The quantitative estimate of drug-likeness (QED) is 0.473. The molecule has 0 aliphatic heterocycles. The molecule has 3 rings (SSSR count). The van der Waals surface area contributed by atoms with Gasteiger partial charge in [-0.3, -0.25) is 0 Å². The molecule has 2 nitrogen and oxygen atoms in total. The van der Waals surface area contributed by atoms with Gasteiger partial charge in [-0.25, -0.2) is 12.1 Å². The van der Waals surface area contributed by atoms with Gasteiger partial charge in [0.25, 0.3) is 0 Å². The van der Waals surface area contributed by atoms with E-state index in [0.29, 0.717) is 5.02 Å². The summed E-state index contributed by atoms with van der Waals surface area (Å²) in [6, 6.07) is 14.3. The first kappa shape index (κ1) is 19.0. The molecule has 0 saturated carbocycles. The van der Waals surface area contributed by atoms with Crippen LogP contribution in [-0.4, -0.2) is 5.11 Å². The Kier molecular flexibility index (Phi) is 8.14. The van der Waals surface area contributed by atoms with Gasteiger partial charge in [-0.05, 0) is 23.8 Å². The van der Waals surface area contributed by atoms with Gasteiger partial charge in [0, 0.05) is 10.6 Å². The molecule has 0 radical (unpaired) electrons. The van der Waals surface area contributed by atoms with E-state index in [1.165, 1.54) is 24.3 Å². The Labute approximate surface area is 151 Å². The summed E-state index contributed by atoms with van der Waals surface area (Å²) >= 11 is 5.77. The third kappa shape index (κ3) is 6.29. The summed E-state index contributed by atoms with van der Waals surface area (Å²) in [4.78, 5) is 0. The first-order valence-corrected chi connectivity index (χ1v) is 7.14. The molecule has 0 aromatic heterocycles. The van der Waals surface area contributed by atoms with Crippen LogP contribution in [0.3, 0.4) is 0 Å². The fourth-order valence-electron chi connectivity index (χ4n) is 1.79. The van der Waals surface area contributed by atoms with Crippen molar-refractivity contribution in [3.8, 4) is 5.75 Å². The third-order valence-corrected chi connectivity index (χ3v) is 3.13. The normalized spacial score (nSPS) is 12.4. The maximum Gasteiger partial charge on any atom is 2.00 e. The van der Waals surface area contributed by atoms with Crippen LogP contribution in [0.4, 0.5) is 0 Å². The average molecular weight is 367 g/mol. The standard InChI is InChI=1S/C14H11ClO2.C5H5.Fe/c15-11-6-8-14(17)12(9-11)13(16)7-5-10-3-1-2-4-10;1-2-4-5-3-1;/h1-9,16-17H;1-5H;/q;-1;+2/p-1. The molecule has 1 aliphatic carbocycles. The molecule has 118 valence electrons. The van der Waals surface area contributed by atoms with E-state index in [2.05, 4.69) is 0 Å². The van der Waals surface area contributed by atoms with E-state index in [1.54, 1.807) is 6.08 Å².